The summed E-state index contributed by atoms with van der Waals surface area (Å²) in [5.74, 6) is 6.90. The van der Waals surface area contributed by atoms with Crippen LogP contribution in [0.5, 0.6) is 0 Å². The van der Waals surface area contributed by atoms with Crippen molar-refractivity contribution in [2.75, 3.05) is 6.54 Å². The molecule has 6 nitrogen and oxygen atoms in total. The zero-order valence-electron chi connectivity index (χ0n) is 15.1. The molecular weight excluding hydrogens is 338 g/mol. The fourth-order valence-electron chi connectivity index (χ4n) is 4.11. The van der Waals surface area contributed by atoms with Gasteiger partial charge in [0.1, 0.15) is 11.5 Å². The van der Waals surface area contributed by atoms with E-state index in [2.05, 4.69) is 33.6 Å². The van der Waals surface area contributed by atoms with E-state index in [9.17, 15) is 4.79 Å². The molecular formula is C21H19N5O. The minimum absolute atomic E-state index is 0.0491. The molecule has 0 saturated carbocycles. The molecule has 0 aromatic carbocycles. The average Bonchev–Trinajstić information content (AvgIpc) is 3.06. The molecule has 3 aromatic heterocycles. The Morgan fingerprint density at radius 3 is 3.00 bits per heavy atom. The summed E-state index contributed by atoms with van der Waals surface area (Å²) in [5.41, 5.74) is 2.46. The highest BCUT2D eigenvalue weighted by molar-refractivity contribution is 5.74. The minimum Gasteiger partial charge on any atom is -0.292 e. The zero-order valence-corrected chi connectivity index (χ0v) is 15.1. The number of rotatable bonds is 0. The monoisotopic (exact) mass is 357 g/mol. The second-order valence-corrected chi connectivity index (χ2v) is 7.50. The molecule has 1 atom stereocenters. The van der Waals surface area contributed by atoms with Crippen LogP contribution in [0.25, 0.3) is 11.0 Å². The van der Waals surface area contributed by atoms with Crippen molar-refractivity contribution >= 4 is 11.0 Å². The van der Waals surface area contributed by atoms with E-state index in [0.29, 0.717) is 29.8 Å². The van der Waals surface area contributed by atoms with Crippen LogP contribution < -0.4 is 5.56 Å². The lowest BCUT2D eigenvalue weighted by Crippen LogP contribution is -2.51. The fraction of sp³-hybridized carbons (Fsp3) is 0.333. The van der Waals surface area contributed by atoms with E-state index in [1.165, 1.54) is 6.42 Å². The van der Waals surface area contributed by atoms with Gasteiger partial charge in [-0.15, -0.1) is 0 Å². The molecule has 0 bridgehead atoms. The molecule has 1 saturated heterocycles. The molecule has 1 fully saturated rings. The van der Waals surface area contributed by atoms with Crippen LogP contribution in [0.4, 0.5) is 0 Å². The van der Waals surface area contributed by atoms with Gasteiger partial charge in [0.05, 0.1) is 12.1 Å². The van der Waals surface area contributed by atoms with E-state index in [0.717, 1.165) is 24.4 Å². The topological polar surface area (TPSA) is 63.9 Å². The lowest BCUT2D eigenvalue weighted by molar-refractivity contribution is 0.0923. The standard InChI is InChI=1S/C21H19N5O/c1-21-8-4-10-25(21)13-18-24-17-11-15(6-7-16-5-2-3-9-22-16)12-23-19(17)20(27)26(18)14-21/h2-3,5,9,11-12H,4,8,10,13-14H2,1H3. The Balaban J connectivity index is 1.58. The van der Waals surface area contributed by atoms with Crippen LogP contribution in [0.2, 0.25) is 0 Å². The summed E-state index contributed by atoms with van der Waals surface area (Å²) >= 11 is 0. The lowest BCUT2D eigenvalue weighted by Gasteiger charge is -2.40. The van der Waals surface area contributed by atoms with Gasteiger partial charge in [-0.05, 0) is 50.4 Å². The van der Waals surface area contributed by atoms with Crippen LogP contribution in [0, 0.1) is 11.8 Å². The molecule has 3 aromatic rings. The van der Waals surface area contributed by atoms with Crippen molar-refractivity contribution in [2.45, 2.75) is 38.4 Å². The third kappa shape index (κ3) is 2.71. The quantitative estimate of drug-likeness (QED) is 0.576. The fourth-order valence-corrected chi connectivity index (χ4v) is 4.11. The van der Waals surface area contributed by atoms with Gasteiger partial charge in [-0.25, -0.2) is 15.0 Å². The molecule has 5 heterocycles. The summed E-state index contributed by atoms with van der Waals surface area (Å²) < 4.78 is 1.82. The first-order chi connectivity index (χ1) is 13.1. The van der Waals surface area contributed by atoms with Crippen molar-refractivity contribution in [1.82, 2.24) is 24.4 Å². The van der Waals surface area contributed by atoms with E-state index >= 15 is 0 Å². The molecule has 5 rings (SSSR count). The van der Waals surface area contributed by atoms with Gasteiger partial charge >= 0.3 is 0 Å². The van der Waals surface area contributed by atoms with Gasteiger partial charge in [0.2, 0.25) is 0 Å². The van der Waals surface area contributed by atoms with Gasteiger partial charge < -0.3 is 0 Å². The van der Waals surface area contributed by atoms with Gasteiger partial charge in [0.15, 0.2) is 5.52 Å². The van der Waals surface area contributed by atoms with Crippen LogP contribution >= 0.6 is 0 Å². The number of fused-ring (bicyclic) bond motifs is 3. The number of hydrogen-bond donors (Lipinski definition) is 0. The first-order valence-electron chi connectivity index (χ1n) is 9.20. The molecule has 0 N–H and O–H groups in total. The Morgan fingerprint density at radius 2 is 2.15 bits per heavy atom. The first-order valence-corrected chi connectivity index (χ1v) is 9.20. The Kier molecular flexibility index (Phi) is 3.59. The number of hydrogen-bond acceptors (Lipinski definition) is 5. The van der Waals surface area contributed by atoms with Gasteiger partial charge in [0, 0.05) is 30.0 Å². The summed E-state index contributed by atoms with van der Waals surface area (Å²) in [5, 5.41) is 0. The number of pyridine rings is 2. The molecule has 0 aliphatic carbocycles. The number of aromatic nitrogens is 4. The highest BCUT2D eigenvalue weighted by Gasteiger charge is 2.41. The molecule has 0 spiro atoms. The maximum absolute atomic E-state index is 13.0. The van der Waals surface area contributed by atoms with Crippen molar-refractivity contribution in [3.05, 3.63) is 64.1 Å². The zero-order chi connectivity index (χ0) is 18.4. The predicted octanol–water partition coefficient (Wildman–Crippen LogP) is 1.95. The van der Waals surface area contributed by atoms with Gasteiger partial charge in [-0.3, -0.25) is 14.3 Å². The van der Waals surface area contributed by atoms with Crippen molar-refractivity contribution in [3.63, 3.8) is 0 Å². The molecule has 0 radical (unpaired) electrons. The summed E-state index contributed by atoms with van der Waals surface area (Å²) in [6.07, 6.45) is 5.64. The van der Waals surface area contributed by atoms with Crippen LogP contribution in [0.3, 0.4) is 0 Å². The highest BCUT2D eigenvalue weighted by atomic mass is 16.1. The maximum Gasteiger partial charge on any atom is 0.280 e. The minimum atomic E-state index is -0.0491. The second kappa shape index (κ2) is 6.00. The Morgan fingerprint density at radius 1 is 1.22 bits per heavy atom. The summed E-state index contributed by atoms with van der Waals surface area (Å²) in [6, 6.07) is 7.46. The summed E-state index contributed by atoms with van der Waals surface area (Å²) in [6.45, 7) is 4.71. The Hall–Kier alpha value is -3.04. The van der Waals surface area contributed by atoms with E-state index in [-0.39, 0.29) is 11.1 Å². The molecule has 134 valence electrons. The maximum atomic E-state index is 13.0. The van der Waals surface area contributed by atoms with Crippen molar-refractivity contribution in [1.29, 1.82) is 0 Å². The van der Waals surface area contributed by atoms with Crippen molar-refractivity contribution < 1.29 is 0 Å². The SMILES string of the molecule is CC12CCCN1Cc1nc3cc(C#Cc4ccccn4)cnc3c(=O)n1C2. The van der Waals surface area contributed by atoms with Crippen LogP contribution in [-0.4, -0.2) is 36.5 Å². The average molecular weight is 357 g/mol. The van der Waals surface area contributed by atoms with Crippen LogP contribution in [0.1, 0.15) is 36.8 Å². The normalized spacial score (nSPS) is 21.4. The van der Waals surface area contributed by atoms with Crippen LogP contribution in [0.15, 0.2) is 41.5 Å². The van der Waals surface area contributed by atoms with Crippen molar-refractivity contribution in [3.8, 4) is 11.8 Å². The summed E-state index contributed by atoms with van der Waals surface area (Å²) in [4.78, 5) is 28.8. The molecule has 1 unspecified atom stereocenters. The predicted molar refractivity (Wildman–Crippen MR) is 102 cm³/mol. The Labute approximate surface area is 156 Å². The number of nitrogens with zero attached hydrogens (tertiary/aromatic N) is 5. The van der Waals surface area contributed by atoms with Gasteiger partial charge in [-0.2, -0.15) is 0 Å². The van der Waals surface area contributed by atoms with Gasteiger partial charge in [0.25, 0.3) is 5.56 Å². The Bertz CT molecular complexity index is 1160. The van der Waals surface area contributed by atoms with E-state index in [1.807, 2.05) is 28.8 Å². The first kappa shape index (κ1) is 16.2. The molecule has 0 amide bonds. The highest BCUT2D eigenvalue weighted by Crippen LogP contribution is 2.34. The van der Waals surface area contributed by atoms with Crippen molar-refractivity contribution in [2.24, 2.45) is 0 Å². The van der Waals surface area contributed by atoms with E-state index in [1.54, 1.807) is 12.4 Å². The second-order valence-electron chi connectivity index (χ2n) is 7.50. The van der Waals surface area contributed by atoms with E-state index in [4.69, 9.17) is 4.98 Å². The lowest BCUT2D eigenvalue weighted by atomic mass is 9.97. The smallest absolute Gasteiger partial charge is 0.280 e. The van der Waals surface area contributed by atoms with Crippen LogP contribution in [-0.2, 0) is 13.1 Å². The summed E-state index contributed by atoms with van der Waals surface area (Å²) in [7, 11) is 0. The molecule has 27 heavy (non-hydrogen) atoms. The largest absolute Gasteiger partial charge is 0.292 e. The van der Waals surface area contributed by atoms with E-state index < -0.39 is 0 Å². The third-order valence-corrected chi connectivity index (χ3v) is 5.61. The molecule has 2 aliphatic rings. The molecule has 2 aliphatic heterocycles. The van der Waals surface area contributed by atoms with Gasteiger partial charge in [-0.1, -0.05) is 12.0 Å². The molecule has 6 heteroatoms. The third-order valence-electron chi connectivity index (χ3n) is 5.61.